The van der Waals surface area contributed by atoms with E-state index in [0.717, 1.165) is 37.0 Å². The third kappa shape index (κ3) is 7.68. The van der Waals surface area contributed by atoms with Crippen LogP contribution in [0.15, 0.2) is 60.7 Å². The quantitative estimate of drug-likeness (QED) is 0.304. The van der Waals surface area contributed by atoms with Crippen molar-refractivity contribution in [2.45, 2.75) is 76.2 Å². The molecule has 2 aromatic carbocycles. The zero-order chi connectivity index (χ0) is 29.5. The first-order valence-electron chi connectivity index (χ1n) is 15.1. The van der Waals surface area contributed by atoms with Gasteiger partial charge >= 0.3 is 0 Å². The molecular formula is C34H44N4O4. The molecule has 1 aliphatic carbocycles. The van der Waals surface area contributed by atoms with Crippen LogP contribution in [0.4, 0.5) is 5.82 Å². The van der Waals surface area contributed by atoms with E-state index in [1.54, 1.807) is 19.2 Å². The molecule has 8 heteroatoms. The average molecular weight is 573 g/mol. The fourth-order valence-electron chi connectivity index (χ4n) is 5.55. The van der Waals surface area contributed by atoms with Gasteiger partial charge in [-0.05, 0) is 79.0 Å². The number of hydrogen-bond donors (Lipinski definition) is 4. The van der Waals surface area contributed by atoms with E-state index < -0.39 is 12.1 Å². The number of aliphatic hydroxyl groups excluding tert-OH is 1. The molecule has 2 atom stereocenters. The van der Waals surface area contributed by atoms with Crippen LogP contribution < -0.4 is 20.7 Å². The number of benzene rings is 2. The number of hydrogen-bond acceptors (Lipinski definition) is 7. The Kier molecular flexibility index (Phi) is 9.77. The van der Waals surface area contributed by atoms with E-state index in [2.05, 4.69) is 59.0 Å². The zero-order valence-electron chi connectivity index (χ0n) is 25.0. The molecule has 0 spiro atoms. The lowest BCUT2D eigenvalue weighted by molar-refractivity contribution is 0.0821. The fourth-order valence-corrected chi connectivity index (χ4v) is 5.55. The third-order valence-electron chi connectivity index (χ3n) is 8.22. The molecule has 224 valence electrons. The molecule has 5 rings (SSSR count). The molecule has 2 heterocycles. The normalized spacial score (nSPS) is 19.4. The van der Waals surface area contributed by atoms with E-state index in [-0.39, 0.29) is 11.4 Å². The minimum Gasteiger partial charge on any atom is -0.494 e. The number of amides is 1. The van der Waals surface area contributed by atoms with Gasteiger partial charge in [0, 0.05) is 31.3 Å². The third-order valence-corrected chi connectivity index (χ3v) is 8.22. The Bertz CT molecular complexity index is 1360. The Morgan fingerprint density at radius 3 is 2.74 bits per heavy atom. The predicted molar refractivity (Wildman–Crippen MR) is 165 cm³/mol. The summed E-state index contributed by atoms with van der Waals surface area (Å²) in [5.74, 6) is 1.62. The van der Waals surface area contributed by atoms with Crippen molar-refractivity contribution in [1.29, 1.82) is 0 Å². The van der Waals surface area contributed by atoms with Crippen molar-refractivity contribution in [2.24, 2.45) is 0 Å². The lowest BCUT2D eigenvalue weighted by Gasteiger charge is -2.28. The number of fused-ring (bicyclic) bond motifs is 4. The number of pyridine rings is 1. The molecule has 0 radical (unpaired) electrons. The van der Waals surface area contributed by atoms with Crippen molar-refractivity contribution in [3.05, 3.63) is 88.6 Å². The van der Waals surface area contributed by atoms with E-state index in [9.17, 15) is 9.90 Å². The van der Waals surface area contributed by atoms with Gasteiger partial charge in [0.2, 0.25) is 0 Å². The number of nitrogens with zero attached hydrogens (tertiary/aromatic N) is 1. The monoisotopic (exact) mass is 572 g/mol. The van der Waals surface area contributed by atoms with Gasteiger partial charge in [-0.25, -0.2) is 4.98 Å². The summed E-state index contributed by atoms with van der Waals surface area (Å²) in [7, 11) is 1.61. The van der Waals surface area contributed by atoms with Crippen molar-refractivity contribution in [1.82, 2.24) is 15.6 Å². The molecule has 1 saturated carbocycles. The second-order valence-electron chi connectivity index (χ2n) is 11.9. The largest absolute Gasteiger partial charge is 0.494 e. The molecule has 3 aromatic rings. The Labute approximate surface area is 249 Å². The van der Waals surface area contributed by atoms with Crippen LogP contribution in [0, 0.1) is 0 Å². The van der Waals surface area contributed by atoms with Gasteiger partial charge in [0.05, 0.1) is 31.1 Å². The Hall–Kier alpha value is -3.46. The van der Waals surface area contributed by atoms with Crippen molar-refractivity contribution in [3.63, 3.8) is 0 Å². The van der Waals surface area contributed by atoms with Gasteiger partial charge in [-0.2, -0.15) is 0 Å². The predicted octanol–water partition coefficient (Wildman–Crippen LogP) is 4.92. The number of rotatable bonds is 8. The van der Waals surface area contributed by atoms with Crippen LogP contribution in [0.2, 0.25) is 0 Å². The SMILES string of the molecule is COCc1cc2cc(n1)NCCCCOc1cccc(c1)C[C@H]([C@@H](O)CNC1(c3cccc(C(C)C)c3)CC1)NC2=O. The molecule has 42 heavy (non-hydrogen) atoms. The second-order valence-corrected chi connectivity index (χ2v) is 11.9. The molecule has 4 N–H and O–H groups in total. The van der Waals surface area contributed by atoms with Gasteiger partial charge in [0.15, 0.2) is 0 Å². The van der Waals surface area contributed by atoms with E-state index in [1.807, 2.05) is 24.3 Å². The van der Waals surface area contributed by atoms with E-state index in [0.29, 0.717) is 55.7 Å². The highest BCUT2D eigenvalue weighted by atomic mass is 16.5. The van der Waals surface area contributed by atoms with Gasteiger partial charge < -0.3 is 30.5 Å². The highest BCUT2D eigenvalue weighted by molar-refractivity contribution is 5.95. The summed E-state index contributed by atoms with van der Waals surface area (Å²) in [4.78, 5) is 18.2. The highest BCUT2D eigenvalue weighted by Gasteiger charge is 2.44. The van der Waals surface area contributed by atoms with Gasteiger partial charge in [-0.1, -0.05) is 50.2 Å². The van der Waals surface area contributed by atoms with Gasteiger partial charge in [-0.3, -0.25) is 4.79 Å². The smallest absolute Gasteiger partial charge is 0.251 e. The number of nitrogens with one attached hydrogen (secondary N) is 3. The molecule has 4 bridgehead atoms. The molecule has 2 aliphatic rings. The number of aromatic nitrogens is 1. The molecule has 1 fully saturated rings. The molecule has 0 unspecified atom stereocenters. The highest BCUT2D eigenvalue weighted by Crippen LogP contribution is 2.46. The van der Waals surface area contributed by atoms with E-state index >= 15 is 0 Å². The maximum absolute atomic E-state index is 13.6. The van der Waals surface area contributed by atoms with E-state index in [4.69, 9.17) is 9.47 Å². The number of anilines is 1. The number of carbonyl (C=O) groups excluding carboxylic acids is 1. The summed E-state index contributed by atoms with van der Waals surface area (Å²) < 4.78 is 11.3. The van der Waals surface area contributed by atoms with Crippen LogP contribution in [0.25, 0.3) is 0 Å². The topological polar surface area (TPSA) is 105 Å². The fraction of sp³-hybridized carbons (Fsp3) is 0.471. The molecule has 1 aliphatic heterocycles. The first-order chi connectivity index (χ1) is 20.3. The van der Waals surface area contributed by atoms with Crippen LogP contribution in [-0.4, -0.2) is 54.9 Å². The summed E-state index contributed by atoms with van der Waals surface area (Å²) in [6, 6.07) is 19.7. The second kappa shape index (κ2) is 13.7. The summed E-state index contributed by atoms with van der Waals surface area (Å²) in [6.07, 6.45) is 3.47. The first kappa shape index (κ1) is 30.0. The minimum atomic E-state index is -0.818. The lowest BCUT2D eigenvalue weighted by atomic mass is 9.95. The maximum Gasteiger partial charge on any atom is 0.251 e. The van der Waals surface area contributed by atoms with Crippen LogP contribution in [0.3, 0.4) is 0 Å². The van der Waals surface area contributed by atoms with Gasteiger partial charge in [-0.15, -0.1) is 0 Å². The lowest BCUT2D eigenvalue weighted by Crippen LogP contribution is -2.50. The average Bonchev–Trinajstić information content (AvgIpc) is 3.78. The van der Waals surface area contributed by atoms with Gasteiger partial charge in [0.25, 0.3) is 5.91 Å². The van der Waals surface area contributed by atoms with Crippen molar-refractivity contribution >= 4 is 11.7 Å². The number of methoxy groups -OCH3 is 1. The van der Waals surface area contributed by atoms with Crippen LogP contribution in [0.5, 0.6) is 5.75 Å². The summed E-state index contributed by atoms with van der Waals surface area (Å²) in [5.41, 5.74) is 4.58. The summed E-state index contributed by atoms with van der Waals surface area (Å²) >= 11 is 0. The standard InChI is InChI=1S/C34H44N4O4/c1-23(2)25-9-7-10-27(18-25)34(12-13-34)36-21-31(39)30-17-24-8-6-11-29(16-24)42-15-5-4-14-35-32-20-26(33(40)38-30)19-28(37-32)22-41-3/h6-11,16,18-20,23,30-31,36,39H,4-5,12-15,17,21-22H2,1-3H3,(H,35,37)(H,38,40)/t30-,31+/m1/s1. The zero-order valence-corrected chi connectivity index (χ0v) is 25.0. The van der Waals surface area contributed by atoms with Crippen molar-refractivity contribution in [3.8, 4) is 5.75 Å². The Balaban J connectivity index is 1.38. The van der Waals surface area contributed by atoms with Crippen LogP contribution in [0.1, 0.15) is 78.2 Å². The number of ether oxygens (including phenoxy) is 2. The van der Waals surface area contributed by atoms with E-state index in [1.165, 1.54) is 11.1 Å². The Morgan fingerprint density at radius 1 is 1.12 bits per heavy atom. The van der Waals surface area contributed by atoms with Crippen LogP contribution in [-0.2, 0) is 23.3 Å². The molecule has 0 saturated heterocycles. The van der Waals surface area contributed by atoms with Crippen LogP contribution >= 0.6 is 0 Å². The Morgan fingerprint density at radius 2 is 1.95 bits per heavy atom. The molecule has 1 aromatic heterocycles. The molecule has 8 nitrogen and oxygen atoms in total. The first-order valence-corrected chi connectivity index (χ1v) is 15.1. The summed E-state index contributed by atoms with van der Waals surface area (Å²) in [5, 5.41) is 21.7. The van der Waals surface area contributed by atoms with Gasteiger partial charge in [0.1, 0.15) is 11.6 Å². The summed E-state index contributed by atoms with van der Waals surface area (Å²) in [6.45, 7) is 6.38. The molecular weight excluding hydrogens is 528 g/mol. The maximum atomic E-state index is 13.6. The number of aliphatic hydroxyl groups is 1. The minimum absolute atomic E-state index is 0.136. The van der Waals surface area contributed by atoms with Crippen molar-refractivity contribution in [2.75, 3.05) is 32.1 Å². The molecule has 1 amide bonds. The van der Waals surface area contributed by atoms with Crippen molar-refractivity contribution < 1.29 is 19.4 Å². The number of carbonyl (C=O) groups is 1.